The van der Waals surface area contributed by atoms with Crippen molar-refractivity contribution in [1.29, 1.82) is 0 Å². The van der Waals surface area contributed by atoms with E-state index in [9.17, 15) is 13.2 Å². The Morgan fingerprint density at radius 3 is 2.21 bits per heavy atom. The molecule has 2 aromatic carbocycles. The zero-order valence-electron chi connectivity index (χ0n) is 16.6. The quantitative estimate of drug-likeness (QED) is 0.393. The van der Waals surface area contributed by atoms with Gasteiger partial charge in [0.15, 0.2) is 5.11 Å². The Labute approximate surface area is 175 Å². The lowest BCUT2D eigenvalue weighted by molar-refractivity contribution is -0.137. The molecule has 0 aromatic heterocycles. The zero-order valence-corrected chi connectivity index (χ0v) is 17.5. The van der Waals surface area contributed by atoms with E-state index in [-0.39, 0.29) is 5.11 Å². The SMILES string of the molecule is CCN(CC)CCCc1cc(NC(=S)Nc2ccc(N)cc2)cc(C(F)(F)F)c1. The van der Waals surface area contributed by atoms with Crippen LogP contribution >= 0.6 is 12.2 Å². The third kappa shape index (κ3) is 7.55. The molecule has 0 spiro atoms. The molecule has 0 saturated heterocycles. The molecule has 0 aliphatic rings. The summed E-state index contributed by atoms with van der Waals surface area (Å²) in [5.74, 6) is 0. The summed E-state index contributed by atoms with van der Waals surface area (Å²) >= 11 is 5.24. The highest BCUT2D eigenvalue weighted by Gasteiger charge is 2.31. The van der Waals surface area contributed by atoms with Crippen molar-refractivity contribution in [3.63, 3.8) is 0 Å². The first kappa shape index (κ1) is 23.0. The highest BCUT2D eigenvalue weighted by molar-refractivity contribution is 7.80. The fraction of sp³-hybridized carbons (Fsp3) is 0.381. The Bertz CT molecular complexity index is 803. The van der Waals surface area contributed by atoms with Gasteiger partial charge in [-0.25, -0.2) is 0 Å². The van der Waals surface area contributed by atoms with E-state index in [1.807, 2.05) is 0 Å². The molecule has 0 radical (unpaired) electrons. The fourth-order valence-electron chi connectivity index (χ4n) is 2.98. The van der Waals surface area contributed by atoms with E-state index in [0.717, 1.165) is 32.1 Å². The van der Waals surface area contributed by atoms with E-state index in [4.69, 9.17) is 18.0 Å². The number of nitrogens with two attached hydrogens (primary N) is 1. The standard InChI is InChI=1S/C21H27F3N4S/c1-3-28(4-2)11-5-6-15-12-16(21(22,23)24)14-19(13-15)27-20(29)26-18-9-7-17(25)8-10-18/h7-10,12-14H,3-6,11,25H2,1-2H3,(H2,26,27,29). The Morgan fingerprint density at radius 2 is 1.62 bits per heavy atom. The maximum Gasteiger partial charge on any atom is 0.416 e. The monoisotopic (exact) mass is 424 g/mol. The number of hydrogen-bond acceptors (Lipinski definition) is 3. The minimum absolute atomic E-state index is 0.211. The van der Waals surface area contributed by atoms with Crippen molar-refractivity contribution in [3.05, 3.63) is 53.6 Å². The summed E-state index contributed by atoms with van der Waals surface area (Å²) in [5.41, 5.74) is 7.21. The Kier molecular flexibility index (Phi) is 8.28. The van der Waals surface area contributed by atoms with Crippen LogP contribution in [0.25, 0.3) is 0 Å². The van der Waals surface area contributed by atoms with Crippen LogP contribution in [0.2, 0.25) is 0 Å². The van der Waals surface area contributed by atoms with Crippen LogP contribution in [0, 0.1) is 0 Å². The molecule has 8 heteroatoms. The van der Waals surface area contributed by atoms with Gasteiger partial charge in [0.1, 0.15) is 0 Å². The highest BCUT2D eigenvalue weighted by atomic mass is 32.1. The molecule has 0 amide bonds. The number of aryl methyl sites for hydroxylation is 1. The first-order valence-corrected chi connectivity index (χ1v) is 9.99. The minimum Gasteiger partial charge on any atom is -0.399 e. The van der Waals surface area contributed by atoms with Crippen molar-refractivity contribution >= 4 is 34.4 Å². The molecule has 0 aliphatic carbocycles. The largest absolute Gasteiger partial charge is 0.416 e. The molecule has 0 fully saturated rings. The number of benzene rings is 2. The molecular formula is C21H27F3N4S. The lowest BCUT2D eigenvalue weighted by Gasteiger charge is -2.18. The molecule has 29 heavy (non-hydrogen) atoms. The smallest absolute Gasteiger partial charge is 0.399 e. The molecule has 0 unspecified atom stereocenters. The second-order valence-electron chi connectivity index (χ2n) is 6.75. The van der Waals surface area contributed by atoms with E-state index in [0.29, 0.717) is 29.0 Å². The summed E-state index contributed by atoms with van der Waals surface area (Å²) in [6.07, 6.45) is -3.07. The predicted octanol–water partition coefficient (Wildman–Crippen LogP) is 5.37. The molecule has 0 aliphatic heterocycles. The fourth-order valence-corrected chi connectivity index (χ4v) is 3.21. The maximum absolute atomic E-state index is 13.3. The van der Waals surface area contributed by atoms with Gasteiger partial charge in [0, 0.05) is 17.1 Å². The number of anilines is 3. The van der Waals surface area contributed by atoms with Gasteiger partial charge in [-0.15, -0.1) is 0 Å². The topological polar surface area (TPSA) is 53.3 Å². The number of alkyl halides is 3. The first-order valence-electron chi connectivity index (χ1n) is 9.58. The molecule has 4 N–H and O–H groups in total. The van der Waals surface area contributed by atoms with Crippen LogP contribution in [0.4, 0.5) is 30.2 Å². The van der Waals surface area contributed by atoms with Crippen molar-refractivity contribution in [2.24, 2.45) is 0 Å². The Morgan fingerprint density at radius 1 is 1.00 bits per heavy atom. The van der Waals surface area contributed by atoms with E-state index in [1.54, 1.807) is 30.3 Å². The molecule has 0 atom stereocenters. The van der Waals surface area contributed by atoms with E-state index >= 15 is 0 Å². The van der Waals surface area contributed by atoms with Crippen LogP contribution < -0.4 is 16.4 Å². The number of hydrogen-bond donors (Lipinski definition) is 3. The van der Waals surface area contributed by atoms with Crippen LogP contribution in [-0.2, 0) is 12.6 Å². The average Bonchev–Trinajstić information content (AvgIpc) is 2.66. The van der Waals surface area contributed by atoms with Crippen LogP contribution in [0.5, 0.6) is 0 Å². The Balaban J connectivity index is 2.10. The molecule has 2 rings (SSSR count). The van der Waals surface area contributed by atoms with Gasteiger partial charge < -0.3 is 21.3 Å². The van der Waals surface area contributed by atoms with Gasteiger partial charge in [-0.1, -0.05) is 13.8 Å². The van der Waals surface area contributed by atoms with Gasteiger partial charge in [-0.05, 0) is 92.7 Å². The second kappa shape index (κ2) is 10.5. The summed E-state index contributed by atoms with van der Waals surface area (Å²) in [6.45, 7) is 6.85. The summed E-state index contributed by atoms with van der Waals surface area (Å²) in [4.78, 5) is 2.25. The van der Waals surface area contributed by atoms with Gasteiger partial charge in [0.05, 0.1) is 5.56 Å². The summed E-state index contributed by atoms with van der Waals surface area (Å²) in [6, 6.07) is 10.9. The molecule has 158 valence electrons. The molecular weight excluding hydrogens is 397 g/mol. The highest BCUT2D eigenvalue weighted by Crippen LogP contribution is 2.32. The number of rotatable bonds is 8. The van der Waals surface area contributed by atoms with E-state index in [2.05, 4.69) is 29.4 Å². The van der Waals surface area contributed by atoms with Crippen LogP contribution in [0.15, 0.2) is 42.5 Å². The summed E-state index contributed by atoms with van der Waals surface area (Å²) < 4.78 is 40.0. The summed E-state index contributed by atoms with van der Waals surface area (Å²) in [5, 5.41) is 6.01. The van der Waals surface area contributed by atoms with Gasteiger partial charge in [0.25, 0.3) is 0 Å². The predicted molar refractivity (Wildman–Crippen MR) is 118 cm³/mol. The molecule has 0 bridgehead atoms. The number of nitrogens with zero attached hydrogens (tertiary/aromatic N) is 1. The summed E-state index contributed by atoms with van der Waals surface area (Å²) in [7, 11) is 0. The number of halogens is 3. The molecule has 2 aromatic rings. The van der Waals surface area contributed by atoms with Crippen molar-refractivity contribution in [2.45, 2.75) is 32.9 Å². The van der Waals surface area contributed by atoms with Crippen molar-refractivity contribution in [3.8, 4) is 0 Å². The van der Waals surface area contributed by atoms with E-state index in [1.165, 1.54) is 6.07 Å². The average molecular weight is 425 g/mol. The third-order valence-corrected chi connectivity index (χ3v) is 4.78. The second-order valence-corrected chi connectivity index (χ2v) is 7.16. The van der Waals surface area contributed by atoms with Gasteiger partial charge in [0.2, 0.25) is 0 Å². The van der Waals surface area contributed by atoms with Gasteiger partial charge in [-0.2, -0.15) is 13.2 Å². The van der Waals surface area contributed by atoms with Crippen LogP contribution in [0.1, 0.15) is 31.4 Å². The molecule has 0 heterocycles. The van der Waals surface area contributed by atoms with Gasteiger partial charge >= 0.3 is 6.18 Å². The van der Waals surface area contributed by atoms with Crippen molar-refractivity contribution < 1.29 is 13.2 Å². The van der Waals surface area contributed by atoms with Crippen LogP contribution in [0.3, 0.4) is 0 Å². The Hall–Kier alpha value is -2.32. The normalized spacial score (nSPS) is 11.5. The molecule has 0 saturated carbocycles. The number of nitrogens with one attached hydrogen (secondary N) is 2. The maximum atomic E-state index is 13.3. The lowest BCUT2D eigenvalue weighted by atomic mass is 10.0. The number of nitrogen functional groups attached to an aromatic ring is 1. The number of thiocarbonyl (C=S) groups is 1. The first-order chi connectivity index (χ1) is 13.7. The van der Waals surface area contributed by atoms with E-state index < -0.39 is 11.7 Å². The van der Waals surface area contributed by atoms with Crippen molar-refractivity contribution in [1.82, 2.24) is 4.90 Å². The zero-order chi connectivity index (χ0) is 21.4. The minimum atomic E-state index is -4.42. The van der Waals surface area contributed by atoms with Gasteiger partial charge in [-0.3, -0.25) is 0 Å². The molecule has 4 nitrogen and oxygen atoms in total. The third-order valence-electron chi connectivity index (χ3n) is 4.58. The lowest BCUT2D eigenvalue weighted by Crippen LogP contribution is -2.24. The van der Waals surface area contributed by atoms with Crippen molar-refractivity contribution in [2.75, 3.05) is 36.0 Å². The van der Waals surface area contributed by atoms with Crippen LogP contribution in [-0.4, -0.2) is 29.6 Å².